The van der Waals surface area contributed by atoms with Crippen LogP contribution in [0.3, 0.4) is 0 Å². The van der Waals surface area contributed by atoms with E-state index in [1.807, 2.05) is 5.12 Å². The molecule has 24 heavy (non-hydrogen) atoms. The van der Waals surface area contributed by atoms with Crippen LogP contribution in [-0.2, 0) is 0 Å². The predicted octanol–water partition coefficient (Wildman–Crippen LogP) is -0.100. The number of hydrogen-bond acceptors (Lipinski definition) is 9. The van der Waals surface area contributed by atoms with E-state index >= 15 is 0 Å². The molecule has 0 bridgehead atoms. The number of piperidine rings is 1. The van der Waals surface area contributed by atoms with E-state index in [9.17, 15) is 4.39 Å². The van der Waals surface area contributed by atoms with Crippen molar-refractivity contribution in [2.75, 3.05) is 26.2 Å². The molecule has 130 valence electrons. The van der Waals surface area contributed by atoms with Gasteiger partial charge in [-0.1, -0.05) is 5.16 Å². The van der Waals surface area contributed by atoms with E-state index in [1.165, 1.54) is 12.1 Å². The second kappa shape index (κ2) is 7.07. The van der Waals surface area contributed by atoms with Crippen molar-refractivity contribution in [1.29, 1.82) is 0 Å². The third-order valence-corrected chi connectivity index (χ3v) is 4.58. The van der Waals surface area contributed by atoms with Gasteiger partial charge in [0.05, 0.1) is 5.69 Å². The summed E-state index contributed by atoms with van der Waals surface area (Å²) >= 11 is 0. The number of nitrogens with zero attached hydrogens (tertiary/aromatic N) is 3. The van der Waals surface area contributed by atoms with Crippen LogP contribution < -0.4 is 27.7 Å². The van der Waals surface area contributed by atoms with Gasteiger partial charge in [-0.15, -0.1) is 5.12 Å². The van der Waals surface area contributed by atoms with Crippen LogP contribution in [-0.4, -0.2) is 41.4 Å². The fraction of sp³-hybridized carbons (Fsp3) is 0.500. The first-order valence-electron chi connectivity index (χ1n) is 8.10. The number of likely N-dealkylation sites (tertiary alicyclic amines) is 1. The van der Waals surface area contributed by atoms with Crippen LogP contribution in [0.15, 0.2) is 22.7 Å². The number of hydrogen-bond donors (Lipinski definition) is 5. The Hall–Kier alpha value is -1.66. The Morgan fingerprint density at radius 2 is 1.92 bits per heavy atom. The fourth-order valence-corrected chi connectivity index (χ4v) is 3.26. The Bertz CT molecular complexity index is 680. The molecule has 0 radical (unpaired) electrons. The van der Waals surface area contributed by atoms with Crippen molar-refractivity contribution >= 4 is 11.0 Å². The molecule has 9 nitrogen and oxygen atoms in total. The fourth-order valence-electron chi connectivity index (χ4n) is 3.26. The van der Waals surface area contributed by atoms with Crippen molar-refractivity contribution in [1.82, 2.24) is 42.8 Å². The molecule has 2 aromatic rings. The van der Waals surface area contributed by atoms with Gasteiger partial charge in [0, 0.05) is 30.5 Å². The van der Waals surface area contributed by atoms with Gasteiger partial charge in [-0.3, -0.25) is 0 Å². The number of rotatable bonds is 4. The van der Waals surface area contributed by atoms with Gasteiger partial charge in [-0.25, -0.2) is 4.39 Å². The molecule has 0 aliphatic carbocycles. The zero-order valence-corrected chi connectivity index (χ0v) is 13.2. The van der Waals surface area contributed by atoms with Crippen molar-refractivity contribution in [2.24, 2.45) is 0 Å². The number of benzene rings is 1. The monoisotopic (exact) mass is 336 g/mol. The Kier molecular flexibility index (Phi) is 4.67. The van der Waals surface area contributed by atoms with Crippen LogP contribution in [0.4, 0.5) is 4.39 Å². The van der Waals surface area contributed by atoms with Crippen LogP contribution in [0.1, 0.15) is 24.5 Å². The van der Waals surface area contributed by atoms with Gasteiger partial charge in [0.2, 0.25) is 0 Å². The molecule has 10 heteroatoms. The number of aromatic nitrogens is 1. The van der Waals surface area contributed by atoms with E-state index in [4.69, 9.17) is 4.52 Å². The summed E-state index contributed by atoms with van der Waals surface area (Å²) in [7, 11) is 0. The first-order valence-corrected chi connectivity index (χ1v) is 8.10. The lowest BCUT2D eigenvalue weighted by molar-refractivity contribution is -0.0233. The Morgan fingerprint density at radius 3 is 2.71 bits per heavy atom. The highest BCUT2D eigenvalue weighted by atomic mass is 19.1. The Balaban J connectivity index is 1.32. The van der Waals surface area contributed by atoms with E-state index in [0.717, 1.165) is 50.1 Å². The first kappa shape index (κ1) is 15.8. The second-order valence-electron chi connectivity index (χ2n) is 6.07. The lowest BCUT2D eigenvalue weighted by atomic mass is 9.91. The lowest BCUT2D eigenvalue weighted by Gasteiger charge is -2.34. The minimum absolute atomic E-state index is 0.292. The summed E-state index contributed by atoms with van der Waals surface area (Å²) in [5, 5.41) is 6.95. The summed E-state index contributed by atoms with van der Waals surface area (Å²) < 4.78 is 18.5. The standard InChI is InChI=1S/C14H21FN8O/c15-11-1-2-12-13(9-11)24-16-14(12)10-3-5-22(6-4-10)7-8-23-20-18-17-19-21-23/h1-2,9-10,17-21H,3-8H2. The summed E-state index contributed by atoms with van der Waals surface area (Å²) in [4.78, 5) is 2.42. The SMILES string of the molecule is Fc1ccc2c(C3CCN(CCN4NNNNN4)CC3)noc2c1. The minimum atomic E-state index is -0.292. The molecule has 0 saturated carbocycles. The van der Waals surface area contributed by atoms with Gasteiger partial charge in [0.25, 0.3) is 0 Å². The van der Waals surface area contributed by atoms with Gasteiger partial charge in [-0.2, -0.15) is 27.7 Å². The maximum absolute atomic E-state index is 13.3. The van der Waals surface area contributed by atoms with E-state index in [1.54, 1.807) is 6.07 Å². The topological polar surface area (TPSA) is 92.7 Å². The second-order valence-corrected chi connectivity index (χ2v) is 6.07. The number of fused-ring (bicyclic) bond motifs is 1. The number of nitrogens with one attached hydrogen (secondary N) is 5. The summed E-state index contributed by atoms with van der Waals surface area (Å²) in [6.07, 6.45) is 2.05. The zero-order valence-electron chi connectivity index (χ0n) is 13.2. The summed E-state index contributed by atoms with van der Waals surface area (Å²) in [5.41, 5.74) is 15.5. The first-order chi connectivity index (χ1) is 11.8. The van der Waals surface area contributed by atoms with Crippen LogP contribution in [0.2, 0.25) is 0 Å². The minimum Gasteiger partial charge on any atom is -0.356 e. The molecule has 1 aromatic heterocycles. The molecule has 2 aliphatic rings. The molecule has 4 rings (SSSR count). The van der Waals surface area contributed by atoms with Gasteiger partial charge in [-0.05, 0) is 38.1 Å². The Labute approximate surface area is 138 Å². The van der Waals surface area contributed by atoms with E-state index in [-0.39, 0.29) is 5.82 Å². The highest BCUT2D eigenvalue weighted by molar-refractivity contribution is 5.79. The maximum Gasteiger partial charge on any atom is 0.170 e. The van der Waals surface area contributed by atoms with Crippen molar-refractivity contribution in [2.45, 2.75) is 18.8 Å². The molecule has 3 heterocycles. The maximum atomic E-state index is 13.3. The molecule has 0 unspecified atom stereocenters. The molecule has 2 saturated heterocycles. The average Bonchev–Trinajstić information content (AvgIpc) is 3.04. The Morgan fingerprint density at radius 1 is 1.12 bits per heavy atom. The predicted molar refractivity (Wildman–Crippen MR) is 84.8 cm³/mol. The summed E-state index contributed by atoms with van der Waals surface area (Å²) in [5.74, 6) is 0.0749. The van der Waals surface area contributed by atoms with Crippen molar-refractivity contribution in [3.8, 4) is 0 Å². The van der Waals surface area contributed by atoms with Gasteiger partial charge in [0.1, 0.15) is 5.82 Å². The van der Waals surface area contributed by atoms with Crippen molar-refractivity contribution in [3.05, 3.63) is 29.7 Å². The van der Waals surface area contributed by atoms with Crippen LogP contribution in [0.5, 0.6) is 0 Å². The van der Waals surface area contributed by atoms with Crippen LogP contribution >= 0.6 is 0 Å². The smallest absolute Gasteiger partial charge is 0.170 e. The third-order valence-electron chi connectivity index (χ3n) is 4.58. The zero-order chi connectivity index (χ0) is 16.4. The quantitative estimate of drug-likeness (QED) is 0.525. The number of hydrazine groups is 6. The molecule has 0 atom stereocenters. The van der Waals surface area contributed by atoms with Gasteiger partial charge >= 0.3 is 0 Å². The lowest BCUT2D eigenvalue weighted by Crippen LogP contribution is -2.73. The molecule has 5 N–H and O–H groups in total. The third kappa shape index (κ3) is 3.39. The average molecular weight is 336 g/mol. The molecule has 0 amide bonds. The molecular weight excluding hydrogens is 315 g/mol. The normalized spacial score (nSPS) is 21.5. The van der Waals surface area contributed by atoms with E-state index < -0.39 is 0 Å². The largest absolute Gasteiger partial charge is 0.356 e. The van der Waals surface area contributed by atoms with Crippen molar-refractivity contribution < 1.29 is 8.91 Å². The summed E-state index contributed by atoms with van der Waals surface area (Å²) in [6.45, 7) is 3.78. The molecule has 0 spiro atoms. The van der Waals surface area contributed by atoms with E-state index in [2.05, 4.69) is 37.7 Å². The van der Waals surface area contributed by atoms with Crippen LogP contribution in [0, 0.1) is 5.82 Å². The highest BCUT2D eigenvalue weighted by Gasteiger charge is 2.25. The van der Waals surface area contributed by atoms with Crippen LogP contribution in [0.25, 0.3) is 11.0 Å². The van der Waals surface area contributed by atoms with E-state index in [0.29, 0.717) is 11.5 Å². The summed E-state index contributed by atoms with van der Waals surface area (Å²) in [6, 6.07) is 4.63. The number of halogens is 1. The van der Waals surface area contributed by atoms with Gasteiger partial charge < -0.3 is 9.42 Å². The van der Waals surface area contributed by atoms with Crippen molar-refractivity contribution in [3.63, 3.8) is 0 Å². The van der Waals surface area contributed by atoms with Gasteiger partial charge in [0.15, 0.2) is 5.58 Å². The molecule has 2 fully saturated rings. The molecule has 2 aliphatic heterocycles. The molecular formula is C14H21FN8O. The highest BCUT2D eigenvalue weighted by Crippen LogP contribution is 2.32. The molecule has 1 aromatic carbocycles.